The number of hydrogen-bond donors (Lipinski definition) is 2. The number of aliphatic hydroxyl groups is 2. The number of fused-ring (bicyclic) bond motifs is 2. The molecule has 4 rings (SSSR count). The Morgan fingerprint density at radius 2 is 2.12 bits per heavy atom. The molecule has 25 heavy (non-hydrogen) atoms. The molecule has 1 aromatic carbocycles. The molecule has 3 aromatic rings. The number of thiophene rings is 1. The summed E-state index contributed by atoms with van der Waals surface area (Å²) in [6, 6.07) is 10.5. The molecular formula is C19H23N3O2S. The van der Waals surface area contributed by atoms with Crippen molar-refractivity contribution >= 4 is 21.4 Å². The third kappa shape index (κ3) is 3.22. The highest BCUT2D eigenvalue weighted by molar-refractivity contribution is 7.19. The molecule has 132 valence electrons. The molecule has 0 fully saturated rings. The van der Waals surface area contributed by atoms with Gasteiger partial charge in [0.2, 0.25) is 0 Å². The topological polar surface area (TPSA) is 61.5 Å². The van der Waals surface area contributed by atoms with Gasteiger partial charge in [-0.2, -0.15) is 5.10 Å². The van der Waals surface area contributed by atoms with Crippen LogP contribution in [0, 0.1) is 6.92 Å². The van der Waals surface area contributed by atoms with Crippen molar-refractivity contribution in [1.29, 1.82) is 0 Å². The first-order valence-electron chi connectivity index (χ1n) is 8.70. The van der Waals surface area contributed by atoms with Gasteiger partial charge in [0.05, 0.1) is 18.0 Å². The highest BCUT2D eigenvalue weighted by Gasteiger charge is 2.21. The number of nitrogens with zero attached hydrogens (tertiary/aromatic N) is 3. The van der Waals surface area contributed by atoms with E-state index in [9.17, 15) is 5.11 Å². The number of aromatic nitrogens is 2. The lowest BCUT2D eigenvalue weighted by Gasteiger charge is -2.20. The molecule has 2 aromatic heterocycles. The summed E-state index contributed by atoms with van der Waals surface area (Å²) >= 11 is 1.86. The Kier molecular flexibility index (Phi) is 4.60. The van der Waals surface area contributed by atoms with Crippen molar-refractivity contribution in [1.82, 2.24) is 14.7 Å². The van der Waals surface area contributed by atoms with Crippen molar-refractivity contribution in [3.63, 3.8) is 0 Å². The number of benzene rings is 1. The van der Waals surface area contributed by atoms with Crippen LogP contribution in [0.5, 0.6) is 0 Å². The summed E-state index contributed by atoms with van der Waals surface area (Å²) in [5, 5.41) is 24.8. The summed E-state index contributed by atoms with van der Waals surface area (Å²) in [5.41, 5.74) is 3.10. The molecule has 1 aliphatic rings. The smallest absolute Gasteiger partial charge is 0.121 e. The van der Waals surface area contributed by atoms with Gasteiger partial charge in [0.15, 0.2) is 0 Å². The highest BCUT2D eigenvalue weighted by atomic mass is 32.1. The Labute approximate surface area is 151 Å². The van der Waals surface area contributed by atoms with Crippen molar-refractivity contribution in [3.8, 4) is 0 Å². The molecule has 1 aliphatic heterocycles. The second-order valence-electron chi connectivity index (χ2n) is 6.68. The van der Waals surface area contributed by atoms with Crippen molar-refractivity contribution < 1.29 is 10.2 Å². The third-order valence-corrected chi connectivity index (χ3v) is 6.04. The maximum absolute atomic E-state index is 9.84. The van der Waals surface area contributed by atoms with Crippen molar-refractivity contribution in [2.75, 3.05) is 13.2 Å². The minimum Gasteiger partial charge on any atom is -0.393 e. The van der Waals surface area contributed by atoms with Gasteiger partial charge in [-0.3, -0.25) is 9.58 Å². The largest absolute Gasteiger partial charge is 0.393 e. The zero-order chi connectivity index (χ0) is 17.4. The first kappa shape index (κ1) is 16.7. The Morgan fingerprint density at radius 3 is 2.96 bits per heavy atom. The standard InChI is InChI=1S/C19H23N3O2S/c1-13-16(15-5-2-3-6-19(15)25-13)11-21-7-4-8-22-14(10-21)9-17(20-22)18(24)12-23/h2-3,5-6,9,18,23-24H,4,7-8,10-12H2,1H3/t18-/m1/s1. The van der Waals surface area contributed by atoms with Crippen LogP contribution in [0.1, 0.15) is 34.4 Å². The minimum absolute atomic E-state index is 0.291. The van der Waals surface area contributed by atoms with Gasteiger partial charge in [-0.05, 0) is 36.4 Å². The maximum Gasteiger partial charge on any atom is 0.121 e. The van der Waals surface area contributed by atoms with E-state index in [4.69, 9.17) is 5.11 Å². The molecule has 0 saturated carbocycles. The molecule has 0 aliphatic carbocycles. The van der Waals surface area contributed by atoms with E-state index in [1.165, 1.54) is 20.5 Å². The molecule has 0 spiro atoms. The van der Waals surface area contributed by atoms with Crippen molar-refractivity contribution in [3.05, 3.63) is 52.2 Å². The normalized spacial score (nSPS) is 16.8. The van der Waals surface area contributed by atoms with Gasteiger partial charge in [-0.15, -0.1) is 11.3 Å². The van der Waals surface area contributed by atoms with Gasteiger partial charge in [-0.25, -0.2) is 0 Å². The molecule has 0 bridgehead atoms. The third-order valence-electron chi connectivity index (χ3n) is 4.91. The van der Waals surface area contributed by atoms with Gasteiger partial charge in [-0.1, -0.05) is 18.2 Å². The Bertz CT molecular complexity index is 886. The highest BCUT2D eigenvalue weighted by Crippen LogP contribution is 2.32. The van der Waals surface area contributed by atoms with Gasteiger partial charge in [0.1, 0.15) is 6.10 Å². The van der Waals surface area contributed by atoms with Crippen molar-refractivity contribution in [2.24, 2.45) is 0 Å². The second kappa shape index (κ2) is 6.88. The van der Waals surface area contributed by atoms with Crippen LogP contribution in [-0.2, 0) is 19.6 Å². The lowest BCUT2D eigenvalue weighted by atomic mass is 10.1. The second-order valence-corrected chi connectivity index (χ2v) is 7.94. The summed E-state index contributed by atoms with van der Waals surface area (Å²) in [5.74, 6) is 0. The van der Waals surface area contributed by atoms with Gasteiger partial charge < -0.3 is 10.2 Å². The van der Waals surface area contributed by atoms with Gasteiger partial charge in [0.25, 0.3) is 0 Å². The Hall–Kier alpha value is -1.73. The van der Waals surface area contributed by atoms with E-state index in [1.54, 1.807) is 0 Å². The predicted molar refractivity (Wildman–Crippen MR) is 99.6 cm³/mol. The van der Waals surface area contributed by atoms with Crippen LogP contribution >= 0.6 is 11.3 Å². The fourth-order valence-corrected chi connectivity index (χ4v) is 4.66. The molecule has 0 unspecified atom stereocenters. The van der Waals surface area contributed by atoms with Gasteiger partial charge >= 0.3 is 0 Å². The van der Waals surface area contributed by atoms with Crippen LogP contribution in [0.3, 0.4) is 0 Å². The van der Waals surface area contributed by atoms with Crippen LogP contribution < -0.4 is 0 Å². The average Bonchev–Trinajstić information content (AvgIpc) is 3.09. The number of aliphatic hydroxyl groups excluding tert-OH is 2. The van der Waals surface area contributed by atoms with Crippen LogP contribution in [0.15, 0.2) is 30.3 Å². The quantitative estimate of drug-likeness (QED) is 0.754. The van der Waals surface area contributed by atoms with E-state index in [-0.39, 0.29) is 6.61 Å². The Morgan fingerprint density at radius 1 is 1.28 bits per heavy atom. The minimum atomic E-state index is -0.893. The number of hydrogen-bond acceptors (Lipinski definition) is 5. The molecule has 5 nitrogen and oxygen atoms in total. The number of rotatable bonds is 4. The Balaban J connectivity index is 1.59. The van der Waals surface area contributed by atoms with Crippen LogP contribution in [0.4, 0.5) is 0 Å². The molecule has 3 heterocycles. The summed E-state index contributed by atoms with van der Waals surface area (Å²) < 4.78 is 3.33. The SMILES string of the molecule is Cc1sc2ccccc2c1CN1CCCn2nc([C@H](O)CO)cc2C1. The lowest BCUT2D eigenvalue weighted by molar-refractivity contribution is 0.0916. The predicted octanol–water partition coefficient (Wildman–Crippen LogP) is 2.84. The molecule has 6 heteroatoms. The van der Waals surface area contributed by atoms with Crippen molar-refractivity contribution in [2.45, 2.75) is 39.1 Å². The summed E-state index contributed by atoms with van der Waals surface area (Å²) in [7, 11) is 0. The lowest BCUT2D eigenvalue weighted by Crippen LogP contribution is -2.23. The zero-order valence-corrected chi connectivity index (χ0v) is 15.2. The molecular weight excluding hydrogens is 334 g/mol. The van der Waals surface area contributed by atoms with E-state index in [0.29, 0.717) is 5.69 Å². The van der Waals surface area contributed by atoms with E-state index >= 15 is 0 Å². The maximum atomic E-state index is 9.84. The molecule has 0 radical (unpaired) electrons. The van der Waals surface area contributed by atoms with Crippen LogP contribution in [0.2, 0.25) is 0 Å². The first-order chi connectivity index (χ1) is 12.2. The molecule has 0 saturated heterocycles. The van der Waals surface area contributed by atoms with E-state index in [0.717, 1.165) is 38.3 Å². The van der Waals surface area contributed by atoms with Gasteiger partial charge in [0, 0.05) is 35.8 Å². The van der Waals surface area contributed by atoms with Crippen LogP contribution in [-0.4, -0.2) is 38.0 Å². The number of aryl methyl sites for hydroxylation is 2. The molecule has 2 N–H and O–H groups in total. The fraction of sp³-hybridized carbons (Fsp3) is 0.421. The zero-order valence-electron chi connectivity index (χ0n) is 14.4. The molecule has 1 atom stereocenters. The summed E-state index contributed by atoms with van der Waals surface area (Å²) in [4.78, 5) is 3.84. The van der Waals surface area contributed by atoms with E-state index in [1.807, 2.05) is 22.1 Å². The van der Waals surface area contributed by atoms with E-state index < -0.39 is 6.10 Å². The first-order valence-corrected chi connectivity index (χ1v) is 9.52. The average molecular weight is 357 g/mol. The summed E-state index contributed by atoms with van der Waals surface area (Å²) in [6.07, 6.45) is 0.140. The fourth-order valence-electron chi connectivity index (χ4n) is 3.58. The summed E-state index contributed by atoms with van der Waals surface area (Å²) in [6.45, 7) is 5.55. The molecule has 0 amide bonds. The van der Waals surface area contributed by atoms with Crippen LogP contribution in [0.25, 0.3) is 10.1 Å². The van der Waals surface area contributed by atoms with E-state index in [2.05, 4.69) is 41.2 Å². The monoisotopic (exact) mass is 357 g/mol.